The van der Waals surface area contributed by atoms with Gasteiger partial charge in [-0.2, -0.15) is 0 Å². The van der Waals surface area contributed by atoms with E-state index in [-0.39, 0.29) is 5.91 Å². The SMILES string of the molecule is NCCn1cc(C(=O)NCc2cccc(N3CCCC3)c2)nn1. The number of hydrogen-bond donors (Lipinski definition) is 2. The molecule has 1 saturated heterocycles. The summed E-state index contributed by atoms with van der Waals surface area (Å²) in [5.74, 6) is -0.222. The summed E-state index contributed by atoms with van der Waals surface area (Å²) < 4.78 is 1.57. The highest BCUT2D eigenvalue weighted by atomic mass is 16.2. The highest BCUT2D eigenvalue weighted by Crippen LogP contribution is 2.21. The monoisotopic (exact) mass is 314 g/mol. The van der Waals surface area contributed by atoms with E-state index in [2.05, 4.69) is 32.7 Å². The second kappa shape index (κ2) is 7.23. The maximum atomic E-state index is 12.1. The number of carbonyl (C=O) groups is 1. The lowest BCUT2D eigenvalue weighted by atomic mass is 10.2. The van der Waals surface area contributed by atoms with Gasteiger partial charge >= 0.3 is 0 Å². The molecule has 0 unspecified atom stereocenters. The molecular weight excluding hydrogens is 292 g/mol. The van der Waals surface area contributed by atoms with Gasteiger partial charge in [-0.25, -0.2) is 0 Å². The van der Waals surface area contributed by atoms with Gasteiger partial charge < -0.3 is 16.0 Å². The molecule has 1 amide bonds. The Morgan fingerprint density at radius 2 is 2.13 bits per heavy atom. The van der Waals surface area contributed by atoms with Gasteiger partial charge in [-0.15, -0.1) is 5.10 Å². The Morgan fingerprint density at radius 1 is 1.30 bits per heavy atom. The fourth-order valence-corrected chi connectivity index (χ4v) is 2.76. The van der Waals surface area contributed by atoms with Crippen molar-refractivity contribution in [1.82, 2.24) is 20.3 Å². The van der Waals surface area contributed by atoms with Crippen LogP contribution in [0.25, 0.3) is 0 Å². The van der Waals surface area contributed by atoms with Crippen molar-refractivity contribution in [2.45, 2.75) is 25.9 Å². The standard InChI is InChI=1S/C16H22N6O/c17-6-9-22-12-15(19-20-22)16(23)18-11-13-4-3-5-14(10-13)21-7-1-2-8-21/h3-5,10,12H,1-2,6-9,11,17H2,(H,18,23). The van der Waals surface area contributed by atoms with Gasteiger partial charge in [-0.1, -0.05) is 17.3 Å². The maximum absolute atomic E-state index is 12.1. The highest BCUT2D eigenvalue weighted by Gasteiger charge is 2.13. The van der Waals surface area contributed by atoms with Crippen LogP contribution >= 0.6 is 0 Å². The second-order valence-electron chi connectivity index (χ2n) is 5.70. The van der Waals surface area contributed by atoms with Crippen molar-refractivity contribution < 1.29 is 4.79 Å². The molecule has 2 heterocycles. The zero-order valence-electron chi connectivity index (χ0n) is 13.1. The molecule has 0 atom stereocenters. The van der Waals surface area contributed by atoms with E-state index < -0.39 is 0 Å². The minimum Gasteiger partial charge on any atom is -0.372 e. The van der Waals surface area contributed by atoms with Crippen LogP contribution in [0.1, 0.15) is 28.9 Å². The number of nitrogens with two attached hydrogens (primary N) is 1. The zero-order valence-corrected chi connectivity index (χ0v) is 13.1. The van der Waals surface area contributed by atoms with E-state index in [1.54, 1.807) is 10.9 Å². The predicted molar refractivity (Wildman–Crippen MR) is 88.1 cm³/mol. The molecule has 1 aliphatic heterocycles. The normalized spacial score (nSPS) is 14.2. The van der Waals surface area contributed by atoms with E-state index in [4.69, 9.17) is 5.73 Å². The summed E-state index contributed by atoms with van der Waals surface area (Å²) >= 11 is 0. The van der Waals surface area contributed by atoms with E-state index in [0.29, 0.717) is 25.3 Å². The van der Waals surface area contributed by atoms with Crippen LogP contribution < -0.4 is 16.0 Å². The molecule has 7 heteroatoms. The van der Waals surface area contributed by atoms with Crippen LogP contribution in [0.15, 0.2) is 30.5 Å². The van der Waals surface area contributed by atoms with Gasteiger partial charge in [-0.05, 0) is 30.5 Å². The molecule has 0 bridgehead atoms. The molecular formula is C16H22N6O. The van der Waals surface area contributed by atoms with Crippen molar-refractivity contribution in [3.8, 4) is 0 Å². The van der Waals surface area contributed by atoms with Crippen LogP contribution in [0.5, 0.6) is 0 Å². The number of carbonyl (C=O) groups excluding carboxylic acids is 1. The molecule has 1 aliphatic rings. The third-order valence-corrected chi connectivity index (χ3v) is 3.96. The Labute approximate surface area is 135 Å². The van der Waals surface area contributed by atoms with Crippen molar-refractivity contribution in [2.24, 2.45) is 5.73 Å². The van der Waals surface area contributed by atoms with Gasteiger partial charge in [0.15, 0.2) is 5.69 Å². The van der Waals surface area contributed by atoms with Gasteiger partial charge in [0, 0.05) is 31.9 Å². The molecule has 0 radical (unpaired) electrons. The molecule has 0 spiro atoms. The van der Waals surface area contributed by atoms with Crippen LogP contribution in [0.2, 0.25) is 0 Å². The number of nitrogens with one attached hydrogen (secondary N) is 1. The van der Waals surface area contributed by atoms with E-state index in [1.165, 1.54) is 18.5 Å². The number of rotatable bonds is 6. The molecule has 0 aliphatic carbocycles. The van der Waals surface area contributed by atoms with E-state index in [9.17, 15) is 4.79 Å². The van der Waals surface area contributed by atoms with Crippen LogP contribution in [-0.2, 0) is 13.1 Å². The number of hydrogen-bond acceptors (Lipinski definition) is 5. The van der Waals surface area contributed by atoms with Crippen molar-refractivity contribution in [1.29, 1.82) is 0 Å². The first-order chi connectivity index (χ1) is 11.3. The van der Waals surface area contributed by atoms with Gasteiger partial charge in [0.05, 0.1) is 12.7 Å². The van der Waals surface area contributed by atoms with Crippen molar-refractivity contribution in [2.75, 3.05) is 24.5 Å². The molecule has 3 N–H and O–H groups in total. The van der Waals surface area contributed by atoms with Gasteiger partial charge in [-0.3, -0.25) is 9.48 Å². The van der Waals surface area contributed by atoms with Gasteiger partial charge in [0.1, 0.15) is 0 Å². The molecule has 3 rings (SSSR count). The molecule has 0 saturated carbocycles. The topological polar surface area (TPSA) is 89.1 Å². The van der Waals surface area contributed by atoms with E-state index in [1.807, 2.05) is 12.1 Å². The summed E-state index contributed by atoms with van der Waals surface area (Å²) in [7, 11) is 0. The second-order valence-corrected chi connectivity index (χ2v) is 5.70. The fourth-order valence-electron chi connectivity index (χ4n) is 2.76. The Kier molecular flexibility index (Phi) is 4.87. The summed E-state index contributed by atoms with van der Waals surface area (Å²) in [5.41, 5.74) is 8.07. The van der Waals surface area contributed by atoms with Crippen molar-refractivity contribution in [3.05, 3.63) is 41.7 Å². The average molecular weight is 314 g/mol. The van der Waals surface area contributed by atoms with Crippen LogP contribution in [0, 0.1) is 0 Å². The molecule has 122 valence electrons. The van der Waals surface area contributed by atoms with Crippen molar-refractivity contribution in [3.63, 3.8) is 0 Å². The first kappa shape index (κ1) is 15.5. The number of aromatic nitrogens is 3. The smallest absolute Gasteiger partial charge is 0.273 e. The number of amides is 1. The summed E-state index contributed by atoms with van der Waals surface area (Å²) in [6.07, 6.45) is 4.11. The number of nitrogens with zero attached hydrogens (tertiary/aromatic N) is 4. The van der Waals surface area contributed by atoms with E-state index in [0.717, 1.165) is 18.7 Å². The molecule has 2 aromatic rings. The highest BCUT2D eigenvalue weighted by molar-refractivity contribution is 5.91. The summed E-state index contributed by atoms with van der Waals surface area (Å²) in [6, 6.07) is 8.31. The van der Waals surface area contributed by atoms with Gasteiger partial charge in [0.2, 0.25) is 0 Å². The average Bonchev–Trinajstić information content (AvgIpc) is 3.25. The largest absolute Gasteiger partial charge is 0.372 e. The maximum Gasteiger partial charge on any atom is 0.273 e. The fraction of sp³-hybridized carbons (Fsp3) is 0.438. The molecule has 1 aromatic carbocycles. The Bertz CT molecular complexity index is 662. The summed E-state index contributed by atoms with van der Waals surface area (Å²) in [4.78, 5) is 14.5. The predicted octanol–water partition coefficient (Wildman–Crippen LogP) is 0.767. The van der Waals surface area contributed by atoms with Gasteiger partial charge in [0.25, 0.3) is 5.91 Å². The van der Waals surface area contributed by atoms with Crippen molar-refractivity contribution >= 4 is 11.6 Å². The molecule has 1 fully saturated rings. The number of benzene rings is 1. The minimum absolute atomic E-state index is 0.222. The van der Waals surface area contributed by atoms with Crippen LogP contribution in [-0.4, -0.2) is 40.5 Å². The third kappa shape index (κ3) is 3.87. The van der Waals surface area contributed by atoms with Crippen LogP contribution in [0.4, 0.5) is 5.69 Å². The van der Waals surface area contributed by atoms with E-state index >= 15 is 0 Å². The Hall–Kier alpha value is -2.41. The summed E-state index contributed by atoms with van der Waals surface area (Å²) in [6.45, 7) is 3.72. The minimum atomic E-state index is -0.222. The lowest BCUT2D eigenvalue weighted by molar-refractivity contribution is 0.0946. The lowest BCUT2D eigenvalue weighted by Gasteiger charge is -2.18. The quantitative estimate of drug-likeness (QED) is 0.822. The van der Waals surface area contributed by atoms with Crippen LogP contribution in [0.3, 0.4) is 0 Å². The third-order valence-electron chi connectivity index (χ3n) is 3.96. The first-order valence-electron chi connectivity index (χ1n) is 7.98. The Morgan fingerprint density at radius 3 is 2.91 bits per heavy atom. The Balaban J connectivity index is 1.58. The first-order valence-corrected chi connectivity index (χ1v) is 7.98. The number of anilines is 1. The summed E-state index contributed by atoms with van der Waals surface area (Å²) in [5, 5.41) is 10.6. The molecule has 7 nitrogen and oxygen atoms in total. The molecule has 1 aromatic heterocycles. The zero-order chi connectivity index (χ0) is 16.1. The molecule has 23 heavy (non-hydrogen) atoms. The lowest BCUT2D eigenvalue weighted by Crippen LogP contribution is -2.23.